The van der Waals surface area contributed by atoms with Gasteiger partial charge in [0.25, 0.3) is 0 Å². The molecule has 2 saturated carbocycles. The molecular weight excluding hydrogens is 302 g/mol. The number of fused-ring (bicyclic) bond motifs is 2. The number of rotatable bonds is 2. The van der Waals surface area contributed by atoms with Gasteiger partial charge in [-0.1, -0.05) is 20.8 Å². The van der Waals surface area contributed by atoms with E-state index in [-0.39, 0.29) is 0 Å². The van der Waals surface area contributed by atoms with Gasteiger partial charge < -0.3 is 4.74 Å². The summed E-state index contributed by atoms with van der Waals surface area (Å²) >= 11 is 3.49. The third-order valence-corrected chi connectivity index (χ3v) is 6.83. The molecule has 0 saturated heterocycles. The number of nitrogens with zero attached hydrogens (tertiary/aromatic N) is 1. The van der Waals surface area contributed by atoms with Crippen LogP contribution in [0.3, 0.4) is 0 Å². The van der Waals surface area contributed by atoms with E-state index >= 15 is 0 Å². The van der Waals surface area contributed by atoms with Gasteiger partial charge in [-0.2, -0.15) is 0 Å². The van der Waals surface area contributed by atoms with Gasteiger partial charge in [0.05, 0.1) is 0 Å². The topological polar surface area (TPSA) is 22.1 Å². The first-order chi connectivity index (χ1) is 8.84. The summed E-state index contributed by atoms with van der Waals surface area (Å²) in [4.78, 5) is 4.40. The Labute approximate surface area is 124 Å². The van der Waals surface area contributed by atoms with Crippen molar-refractivity contribution in [2.75, 3.05) is 0 Å². The van der Waals surface area contributed by atoms with Crippen molar-refractivity contribution in [3.8, 4) is 5.88 Å². The van der Waals surface area contributed by atoms with Crippen molar-refractivity contribution in [1.29, 1.82) is 0 Å². The molecule has 3 atom stereocenters. The van der Waals surface area contributed by atoms with Crippen molar-refractivity contribution in [2.24, 2.45) is 16.7 Å². The summed E-state index contributed by atoms with van der Waals surface area (Å²) in [6.07, 6.45) is 5.97. The molecule has 2 fully saturated rings. The van der Waals surface area contributed by atoms with Gasteiger partial charge in [0.2, 0.25) is 5.88 Å². The monoisotopic (exact) mass is 323 g/mol. The van der Waals surface area contributed by atoms with E-state index in [2.05, 4.69) is 48.6 Å². The minimum atomic E-state index is 0.292. The highest BCUT2D eigenvalue weighted by molar-refractivity contribution is 9.10. The van der Waals surface area contributed by atoms with Crippen LogP contribution >= 0.6 is 15.9 Å². The Bertz CT molecular complexity index is 513. The summed E-state index contributed by atoms with van der Waals surface area (Å²) in [5.74, 6) is 1.58. The maximum Gasteiger partial charge on any atom is 0.213 e. The maximum atomic E-state index is 6.25. The maximum absolute atomic E-state index is 6.25. The first-order valence-corrected chi connectivity index (χ1v) is 7.93. The van der Waals surface area contributed by atoms with Crippen LogP contribution in [0.1, 0.15) is 45.6 Å². The highest BCUT2D eigenvalue weighted by Crippen LogP contribution is 2.66. The third-order valence-electron chi connectivity index (χ3n) is 6.00. The highest BCUT2D eigenvalue weighted by atomic mass is 79.9. The molecule has 0 amide bonds. The van der Waals surface area contributed by atoms with Crippen molar-refractivity contribution in [2.45, 2.75) is 53.1 Å². The van der Waals surface area contributed by atoms with Crippen LogP contribution in [-0.2, 0) is 0 Å². The molecule has 1 heterocycles. The number of aryl methyl sites for hydroxylation is 1. The van der Waals surface area contributed by atoms with Gasteiger partial charge in [0, 0.05) is 22.2 Å². The molecule has 2 nitrogen and oxygen atoms in total. The van der Waals surface area contributed by atoms with E-state index in [0.29, 0.717) is 16.9 Å². The van der Waals surface area contributed by atoms with Crippen molar-refractivity contribution in [3.05, 3.63) is 22.3 Å². The first kappa shape index (κ1) is 13.4. The molecule has 3 rings (SSSR count). The van der Waals surface area contributed by atoms with Gasteiger partial charge in [-0.3, -0.25) is 0 Å². The van der Waals surface area contributed by atoms with Gasteiger partial charge in [0.1, 0.15) is 6.10 Å². The Morgan fingerprint density at radius 1 is 1.37 bits per heavy atom. The second kappa shape index (κ2) is 4.21. The molecule has 1 aromatic heterocycles. The zero-order valence-electron chi connectivity index (χ0n) is 12.2. The summed E-state index contributed by atoms with van der Waals surface area (Å²) in [5, 5.41) is 0. The van der Waals surface area contributed by atoms with Gasteiger partial charge in [-0.05, 0) is 59.0 Å². The average molecular weight is 324 g/mol. The van der Waals surface area contributed by atoms with Crippen LogP contribution in [0.2, 0.25) is 0 Å². The Morgan fingerprint density at radius 3 is 2.63 bits per heavy atom. The largest absolute Gasteiger partial charge is 0.474 e. The molecule has 0 radical (unpaired) electrons. The van der Waals surface area contributed by atoms with E-state index in [1.54, 1.807) is 0 Å². The zero-order valence-corrected chi connectivity index (χ0v) is 13.8. The molecule has 0 spiro atoms. The molecule has 3 unspecified atom stereocenters. The number of ether oxygens (including phenoxy) is 1. The fourth-order valence-electron chi connectivity index (χ4n) is 4.03. The fourth-order valence-corrected chi connectivity index (χ4v) is 4.25. The lowest BCUT2D eigenvalue weighted by Crippen LogP contribution is -2.39. The van der Waals surface area contributed by atoms with Crippen LogP contribution in [-0.4, -0.2) is 11.1 Å². The zero-order chi connectivity index (χ0) is 13.8. The van der Waals surface area contributed by atoms with Gasteiger partial charge in [-0.15, -0.1) is 0 Å². The minimum Gasteiger partial charge on any atom is -0.474 e. The van der Waals surface area contributed by atoms with Crippen LogP contribution < -0.4 is 4.74 Å². The van der Waals surface area contributed by atoms with E-state index in [0.717, 1.165) is 16.3 Å². The van der Waals surface area contributed by atoms with Gasteiger partial charge in [-0.25, -0.2) is 4.98 Å². The lowest BCUT2D eigenvalue weighted by atomic mass is 9.70. The molecule has 0 aliphatic heterocycles. The van der Waals surface area contributed by atoms with Gasteiger partial charge in [0.15, 0.2) is 0 Å². The number of hydrogen-bond donors (Lipinski definition) is 0. The summed E-state index contributed by atoms with van der Waals surface area (Å²) in [7, 11) is 0. The quantitative estimate of drug-likeness (QED) is 0.783. The van der Waals surface area contributed by atoms with E-state index in [1.165, 1.54) is 24.8 Å². The minimum absolute atomic E-state index is 0.292. The lowest BCUT2D eigenvalue weighted by molar-refractivity contribution is 0.0272. The van der Waals surface area contributed by atoms with Crippen molar-refractivity contribution < 1.29 is 4.74 Å². The van der Waals surface area contributed by atoms with E-state index in [4.69, 9.17) is 4.74 Å². The SMILES string of the molecule is Cc1cc(OC2CC3CCC2(C)C3(C)C)ncc1Br. The number of pyridine rings is 1. The fraction of sp³-hybridized carbons (Fsp3) is 0.688. The lowest BCUT2D eigenvalue weighted by Gasteiger charge is -2.38. The van der Waals surface area contributed by atoms with Crippen LogP contribution in [0.15, 0.2) is 16.7 Å². The molecule has 0 aromatic carbocycles. The van der Waals surface area contributed by atoms with Crippen LogP contribution in [0.4, 0.5) is 0 Å². The summed E-state index contributed by atoms with van der Waals surface area (Å²) in [6.45, 7) is 9.30. The Morgan fingerprint density at radius 2 is 2.11 bits per heavy atom. The molecular formula is C16H22BrNO. The second-order valence-corrected chi connectivity index (χ2v) is 7.84. The molecule has 2 aliphatic rings. The number of hydrogen-bond acceptors (Lipinski definition) is 2. The third kappa shape index (κ3) is 1.84. The summed E-state index contributed by atoms with van der Waals surface area (Å²) < 4.78 is 7.29. The van der Waals surface area contributed by atoms with Crippen LogP contribution in [0.5, 0.6) is 5.88 Å². The Balaban J connectivity index is 1.84. The van der Waals surface area contributed by atoms with E-state index in [1.807, 2.05) is 12.3 Å². The highest BCUT2D eigenvalue weighted by Gasteiger charge is 2.62. The first-order valence-electron chi connectivity index (χ1n) is 7.13. The van der Waals surface area contributed by atoms with E-state index in [9.17, 15) is 0 Å². The molecule has 1 aromatic rings. The smallest absolute Gasteiger partial charge is 0.213 e. The predicted octanol–water partition coefficient (Wildman–Crippen LogP) is 4.75. The standard InChI is InChI=1S/C16H22BrNO/c1-10-7-14(18-9-12(10)17)19-13-8-11-5-6-16(13,4)15(11,2)3/h7,9,11,13H,5-6,8H2,1-4H3. The van der Waals surface area contributed by atoms with Crippen molar-refractivity contribution in [3.63, 3.8) is 0 Å². The Hall–Kier alpha value is -0.570. The van der Waals surface area contributed by atoms with Gasteiger partial charge >= 0.3 is 0 Å². The summed E-state index contributed by atoms with van der Waals surface area (Å²) in [6, 6.07) is 2.03. The molecule has 104 valence electrons. The molecule has 19 heavy (non-hydrogen) atoms. The van der Waals surface area contributed by atoms with Crippen molar-refractivity contribution >= 4 is 15.9 Å². The van der Waals surface area contributed by atoms with Crippen LogP contribution in [0, 0.1) is 23.7 Å². The molecule has 0 N–H and O–H groups in total. The molecule has 3 heteroatoms. The second-order valence-electron chi connectivity index (χ2n) is 6.99. The molecule has 2 bridgehead atoms. The van der Waals surface area contributed by atoms with E-state index < -0.39 is 0 Å². The Kier molecular flexibility index (Phi) is 2.97. The van der Waals surface area contributed by atoms with Crippen molar-refractivity contribution in [1.82, 2.24) is 4.98 Å². The van der Waals surface area contributed by atoms with Crippen LogP contribution in [0.25, 0.3) is 0 Å². The number of halogens is 1. The number of aromatic nitrogens is 1. The normalized spacial score (nSPS) is 35.6. The summed E-state index contributed by atoms with van der Waals surface area (Å²) in [5.41, 5.74) is 1.86. The average Bonchev–Trinajstić information content (AvgIpc) is 2.67. The predicted molar refractivity (Wildman–Crippen MR) is 80.3 cm³/mol. The molecule has 2 aliphatic carbocycles.